The molecule has 0 atom stereocenters. The first-order valence-electron chi connectivity index (χ1n) is 14.2. The first-order valence-corrected chi connectivity index (χ1v) is 15.8. The highest BCUT2D eigenvalue weighted by atomic mass is 32.2. The van der Waals surface area contributed by atoms with Gasteiger partial charge in [0.25, 0.3) is 16.0 Å². The minimum Gasteiger partial charge on any atom is -0.478 e. The molecule has 236 valence electrons. The Bertz CT molecular complexity index is 2050. The summed E-state index contributed by atoms with van der Waals surface area (Å²) in [4.78, 5) is 30.4. The van der Waals surface area contributed by atoms with E-state index < -0.39 is 46.5 Å². The fourth-order valence-electron chi connectivity index (χ4n) is 5.19. The smallest absolute Gasteiger partial charge is 0.340 e. The summed E-state index contributed by atoms with van der Waals surface area (Å²) in [6.45, 7) is -1.13. The fourth-order valence-corrected chi connectivity index (χ4v) is 5.77. The molecule has 0 bridgehead atoms. The molecule has 2 aromatic carbocycles. The summed E-state index contributed by atoms with van der Waals surface area (Å²) >= 11 is 0. The Labute approximate surface area is 262 Å². The summed E-state index contributed by atoms with van der Waals surface area (Å²) < 4.78 is 44.0. The quantitative estimate of drug-likeness (QED) is 0.115. The summed E-state index contributed by atoms with van der Waals surface area (Å²) in [5, 5.41) is 29.7. The molecule has 0 spiro atoms. The third-order valence-corrected chi connectivity index (χ3v) is 8.80. The number of benzene rings is 2. The number of rotatable bonds is 12. The van der Waals surface area contributed by atoms with Crippen LogP contribution < -0.4 is 10.6 Å². The Kier molecular flexibility index (Phi) is 8.25. The zero-order valence-corrected chi connectivity index (χ0v) is 25.0. The van der Waals surface area contributed by atoms with E-state index in [1.165, 1.54) is 35.0 Å². The van der Waals surface area contributed by atoms with Gasteiger partial charge in [0.2, 0.25) is 0 Å². The Morgan fingerprint density at radius 3 is 2.48 bits per heavy atom. The molecule has 1 aliphatic rings. The van der Waals surface area contributed by atoms with Gasteiger partial charge in [-0.05, 0) is 73.0 Å². The van der Waals surface area contributed by atoms with Gasteiger partial charge in [-0.15, -0.1) is 0 Å². The van der Waals surface area contributed by atoms with E-state index in [4.69, 9.17) is 9.29 Å². The number of hydrogen-bond donors (Lipinski definition) is 4. The molecule has 1 fully saturated rings. The largest absolute Gasteiger partial charge is 0.478 e. The maximum Gasteiger partial charge on any atom is 0.340 e. The molecule has 14 heteroatoms. The molecule has 1 aliphatic carbocycles. The number of anilines is 1. The van der Waals surface area contributed by atoms with Crippen LogP contribution in [0.5, 0.6) is 0 Å². The van der Waals surface area contributed by atoms with Crippen LogP contribution in [0.25, 0.3) is 27.9 Å². The van der Waals surface area contributed by atoms with E-state index in [1.54, 1.807) is 42.6 Å². The summed E-state index contributed by atoms with van der Waals surface area (Å²) in [6, 6.07) is 19.0. The van der Waals surface area contributed by atoms with Crippen LogP contribution in [0.4, 0.5) is 10.1 Å². The molecule has 4 N–H and O–H groups in total. The third kappa shape index (κ3) is 6.31. The van der Waals surface area contributed by atoms with Crippen molar-refractivity contribution in [1.29, 1.82) is 0 Å². The zero-order chi connectivity index (χ0) is 32.5. The molecule has 46 heavy (non-hydrogen) atoms. The van der Waals surface area contributed by atoms with Crippen molar-refractivity contribution in [3.8, 4) is 22.4 Å². The number of amides is 1. The number of nitrogens with one attached hydrogen (secondary N) is 2. The standard InChI is InChI=1S/C32H28FN5O7S/c33-23-9-7-20(8-10-23)29-28(31(41)42)26-17-24(25(18-38(26)37-29)35-19-45-46(43,44)15-14-39)21-4-3-5-22(16-21)30(40)36-32(11-12-32)27-6-1-2-13-34-27/h1-10,13,16-18,35,39H,11-12,14-15,19H2,(H,36,40)(H,41,42). The minimum atomic E-state index is -4.03. The van der Waals surface area contributed by atoms with Crippen molar-refractivity contribution >= 4 is 33.2 Å². The molecular formula is C32H28FN5O7S. The van der Waals surface area contributed by atoms with E-state index in [-0.39, 0.29) is 22.7 Å². The summed E-state index contributed by atoms with van der Waals surface area (Å²) in [6.07, 6.45) is 4.64. The van der Waals surface area contributed by atoms with Crippen LogP contribution in [0, 0.1) is 5.82 Å². The first-order chi connectivity index (χ1) is 22.1. The lowest BCUT2D eigenvalue weighted by molar-refractivity contribution is 0.0699. The van der Waals surface area contributed by atoms with Crippen molar-refractivity contribution in [3.63, 3.8) is 0 Å². The predicted octanol–water partition coefficient (Wildman–Crippen LogP) is 4.03. The number of carboxylic acids is 1. The van der Waals surface area contributed by atoms with Gasteiger partial charge in [-0.3, -0.25) is 9.78 Å². The summed E-state index contributed by atoms with van der Waals surface area (Å²) in [7, 11) is -4.03. The number of aliphatic hydroxyl groups is 1. The summed E-state index contributed by atoms with van der Waals surface area (Å²) in [5.41, 5.74) is 2.32. The number of carbonyl (C=O) groups is 2. The van der Waals surface area contributed by atoms with Crippen LogP contribution in [0.2, 0.25) is 0 Å². The van der Waals surface area contributed by atoms with E-state index in [0.29, 0.717) is 27.9 Å². The van der Waals surface area contributed by atoms with Crippen LogP contribution >= 0.6 is 0 Å². The van der Waals surface area contributed by atoms with Crippen molar-refractivity contribution in [2.24, 2.45) is 0 Å². The van der Waals surface area contributed by atoms with Crippen LogP contribution in [0.1, 0.15) is 39.3 Å². The van der Waals surface area contributed by atoms with E-state index in [9.17, 15) is 27.5 Å². The molecular weight excluding hydrogens is 617 g/mol. The number of fused-ring (bicyclic) bond motifs is 1. The number of carbonyl (C=O) groups excluding carboxylic acids is 1. The Morgan fingerprint density at radius 1 is 1.02 bits per heavy atom. The molecule has 6 rings (SSSR count). The predicted molar refractivity (Wildman–Crippen MR) is 166 cm³/mol. The average molecular weight is 646 g/mol. The number of aromatic carboxylic acids is 1. The van der Waals surface area contributed by atoms with Gasteiger partial charge in [-0.25, -0.2) is 17.9 Å². The van der Waals surface area contributed by atoms with E-state index >= 15 is 0 Å². The second-order valence-electron chi connectivity index (χ2n) is 10.7. The molecule has 3 aromatic heterocycles. The lowest BCUT2D eigenvalue weighted by atomic mass is 10.00. The molecule has 0 radical (unpaired) electrons. The molecule has 0 aliphatic heterocycles. The lowest BCUT2D eigenvalue weighted by Crippen LogP contribution is -2.35. The van der Waals surface area contributed by atoms with E-state index in [0.717, 1.165) is 18.5 Å². The molecule has 5 aromatic rings. The van der Waals surface area contributed by atoms with E-state index in [2.05, 4.69) is 20.7 Å². The molecule has 1 amide bonds. The second kappa shape index (κ2) is 12.3. The topological polar surface area (TPSA) is 172 Å². The average Bonchev–Trinajstić information content (AvgIpc) is 3.72. The van der Waals surface area contributed by atoms with Gasteiger partial charge in [-0.2, -0.15) is 13.5 Å². The number of nitrogens with zero attached hydrogens (tertiary/aromatic N) is 3. The second-order valence-corrected chi connectivity index (χ2v) is 12.5. The van der Waals surface area contributed by atoms with Gasteiger partial charge in [-0.1, -0.05) is 18.2 Å². The highest BCUT2D eigenvalue weighted by Gasteiger charge is 2.47. The van der Waals surface area contributed by atoms with Crippen molar-refractivity contribution in [2.45, 2.75) is 18.4 Å². The number of halogens is 1. The van der Waals surface area contributed by atoms with Gasteiger partial charge < -0.3 is 20.8 Å². The minimum absolute atomic E-state index is 0.0924. The van der Waals surface area contributed by atoms with Gasteiger partial charge in [0.15, 0.2) is 0 Å². The number of carboxylic acid groups (broad SMARTS) is 1. The lowest BCUT2D eigenvalue weighted by Gasteiger charge is -2.18. The van der Waals surface area contributed by atoms with Gasteiger partial charge in [0, 0.05) is 22.9 Å². The molecule has 3 heterocycles. The normalized spacial score (nSPS) is 13.8. The highest BCUT2D eigenvalue weighted by Crippen LogP contribution is 2.44. The monoisotopic (exact) mass is 645 g/mol. The SMILES string of the molecule is O=C(NC1(c2ccccn2)CC1)c1cccc(-c2cc3c(C(=O)O)c(-c4ccc(F)cc4)nn3cc2NCOS(=O)(=O)CCO)c1. The van der Waals surface area contributed by atoms with Crippen molar-refractivity contribution < 1.29 is 36.8 Å². The van der Waals surface area contributed by atoms with Crippen molar-refractivity contribution in [1.82, 2.24) is 19.9 Å². The number of hydrogen-bond acceptors (Lipinski definition) is 9. The van der Waals surface area contributed by atoms with Crippen molar-refractivity contribution in [2.75, 3.05) is 24.4 Å². The maximum absolute atomic E-state index is 13.6. The molecule has 1 saturated carbocycles. The van der Waals surface area contributed by atoms with Gasteiger partial charge in [0.05, 0.1) is 41.0 Å². The van der Waals surface area contributed by atoms with Crippen LogP contribution in [0.15, 0.2) is 85.2 Å². The van der Waals surface area contributed by atoms with Crippen LogP contribution in [-0.2, 0) is 19.8 Å². The molecule has 0 unspecified atom stereocenters. The Balaban J connectivity index is 1.41. The number of aromatic nitrogens is 3. The first kappa shape index (κ1) is 30.8. The van der Waals surface area contributed by atoms with Crippen LogP contribution in [-0.4, -0.2) is 64.2 Å². The summed E-state index contributed by atoms with van der Waals surface area (Å²) in [5.74, 6) is -2.68. The number of aliphatic hydroxyl groups excluding tert-OH is 1. The van der Waals surface area contributed by atoms with Crippen molar-refractivity contribution in [3.05, 3.63) is 108 Å². The van der Waals surface area contributed by atoms with E-state index in [1.807, 2.05) is 12.1 Å². The highest BCUT2D eigenvalue weighted by molar-refractivity contribution is 7.86. The van der Waals surface area contributed by atoms with Crippen LogP contribution in [0.3, 0.4) is 0 Å². The maximum atomic E-state index is 13.6. The molecule has 12 nitrogen and oxygen atoms in total. The molecule has 0 saturated heterocycles. The Morgan fingerprint density at radius 2 is 1.80 bits per heavy atom. The number of pyridine rings is 2. The Hall–Kier alpha value is -5.18. The third-order valence-electron chi connectivity index (χ3n) is 7.64. The van der Waals surface area contributed by atoms with Gasteiger partial charge >= 0.3 is 5.97 Å². The van der Waals surface area contributed by atoms with Gasteiger partial charge in [0.1, 0.15) is 23.8 Å². The zero-order valence-electron chi connectivity index (χ0n) is 24.2. The fraction of sp³-hybridized carbons (Fsp3) is 0.188.